The standard InChI is InChI=1S/C28H29N7O5/c1-17(2)30-27(36)18-10-11-19(29-14-18)15-39-28-22-8-4-3-7-21(22)25-31-32-26(35(25)33-28)23-13-20(40-34-23)16-38-24-9-5-6-12-37-24/h3-4,7-8,10-11,13-14,17,24H,5-6,9,12,15-16H2,1-2H3,(H,30,36). The molecule has 5 heterocycles. The van der Waals surface area contributed by atoms with E-state index in [-0.39, 0.29) is 31.5 Å². The molecule has 40 heavy (non-hydrogen) atoms. The van der Waals surface area contributed by atoms with E-state index in [1.807, 2.05) is 38.1 Å². The first-order valence-electron chi connectivity index (χ1n) is 13.3. The second-order valence-corrected chi connectivity index (χ2v) is 9.85. The molecule has 0 radical (unpaired) electrons. The SMILES string of the molecule is CC(C)NC(=O)c1ccc(COc2nn3c(-c4cc(COC5CCCCO5)on4)nnc3c3ccccc23)nc1. The minimum absolute atomic E-state index is 0.0423. The molecule has 1 aromatic carbocycles. The van der Waals surface area contributed by atoms with Gasteiger partial charge in [-0.1, -0.05) is 23.4 Å². The molecule has 1 unspecified atom stereocenters. The topological polar surface area (TPSA) is 139 Å². The molecule has 0 bridgehead atoms. The Kier molecular flexibility index (Phi) is 7.34. The molecule has 206 valence electrons. The van der Waals surface area contributed by atoms with Gasteiger partial charge >= 0.3 is 0 Å². The van der Waals surface area contributed by atoms with Crippen LogP contribution in [0.4, 0.5) is 0 Å². The molecule has 1 saturated heterocycles. The fourth-order valence-corrected chi connectivity index (χ4v) is 4.45. The minimum Gasteiger partial charge on any atom is -0.470 e. The van der Waals surface area contributed by atoms with Gasteiger partial charge in [0.25, 0.3) is 5.91 Å². The summed E-state index contributed by atoms with van der Waals surface area (Å²) in [6, 6.07) is 13.0. The molecule has 1 N–H and O–H groups in total. The molecule has 1 aliphatic rings. The van der Waals surface area contributed by atoms with Gasteiger partial charge in [0, 0.05) is 35.7 Å². The highest BCUT2D eigenvalue weighted by atomic mass is 16.7. The lowest BCUT2D eigenvalue weighted by Crippen LogP contribution is -2.30. The number of amides is 1. The lowest BCUT2D eigenvalue weighted by molar-refractivity contribution is -0.171. The van der Waals surface area contributed by atoms with Crippen molar-refractivity contribution < 1.29 is 23.5 Å². The predicted octanol–water partition coefficient (Wildman–Crippen LogP) is 4.09. The largest absolute Gasteiger partial charge is 0.470 e. The maximum Gasteiger partial charge on any atom is 0.253 e. The van der Waals surface area contributed by atoms with E-state index < -0.39 is 0 Å². The Bertz CT molecular complexity index is 1620. The number of hydrogen-bond donors (Lipinski definition) is 1. The summed E-state index contributed by atoms with van der Waals surface area (Å²) in [6.45, 7) is 4.92. The zero-order valence-corrected chi connectivity index (χ0v) is 22.2. The molecule has 12 nitrogen and oxygen atoms in total. The Morgan fingerprint density at radius 1 is 1.12 bits per heavy atom. The first-order chi connectivity index (χ1) is 19.5. The molecule has 1 amide bonds. The molecule has 0 aliphatic carbocycles. The highest BCUT2D eigenvalue weighted by Crippen LogP contribution is 2.29. The monoisotopic (exact) mass is 543 g/mol. The van der Waals surface area contributed by atoms with Crippen LogP contribution in [0.3, 0.4) is 0 Å². The first-order valence-corrected chi connectivity index (χ1v) is 13.3. The van der Waals surface area contributed by atoms with E-state index in [0.717, 1.165) is 30.0 Å². The summed E-state index contributed by atoms with van der Waals surface area (Å²) in [5.74, 6) is 1.18. The Hall–Kier alpha value is -4.42. The summed E-state index contributed by atoms with van der Waals surface area (Å²) in [6.07, 6.45) is 4.31. The molecule has 0 saturated carbocycles. The van der Waals surface area contributed by atoms with Crippen molar-refractivity contribution in [1.29, 1.82) is 0 Å². The van der Waals surface area contributed by atoms with E-state index in [2.05, 4.69) is 25.7 Å². The number of benzene rings is 1. The van der Waals surface area contributed by atoms with E-state index in [1.165, 1.54) is 6.20 Å². The maximum atomic E-state index is 12.2. The normalized spacial score (nSPS) is 15.6. The van der Waals surface area contributed by atoms with Crippen LogP contribution >= 0.6 is 0 Å². The quantitative estimate of drug-likeness (QED) is 0.289. The van der Waals surface area contributed by atoms with Crippen molar-refractivity contribution >= 4 is 22.3 Å². The fraction of sp³-hybridized carbons (Fsp3) is 0.357. The summed E-state index contributed by atoms with van der Waals surface area (Å²) in [4.78, 5) is 16.6. The van der Waals surface area contributed by atoms with Crippen LogP contribution in [0.5, 0.6) is 5.88 Å². The fourth-order valence-electron chi connectivity index (χ4n) is 4.45. The summed E-state index contributed by atoms with van der Waals surface area (Å²) in [5, 5.41) is 22.0. The second-order valence-electron chi connectivity index (χ2n) is 9.85. The third-order valence-electron chi connectivity index (χ3n) is 6.43. The van der Waals surface area contributed by atoms with Crippen molar-refractivity contribution in [1.82, 2.24) is 35.3 Å². The van der Waals surface area contributed by atoms with Crippen LogP contribution in [0.15, 0.2) is 53.2 Å². The van der Waals surface area contributed by atoms with Crippen LogP contribution in [-0.2, 0) is 22.7 Å². The van der Waals surface area contributed by atoms with E-state index in [1.54, 1.807) is 22.7 Å². The van der Waals surface area contributed by atoms with Crippen molar-refractivity contribution in [3.8, 4) is 17.4 Å². The third-order valence-corrected chi connectivity index (χ3v) is 6.43. The van der Waals surface area contributed by atoms with E-state index in [0.29, 0.717) is 46.7 Å². The molecule has 6 rings (SSSR count). The van der Waals surface area contributed by atoms with Gasteiger partial charge in [-0.3, -0.25) is 9.78 Å². The van der Waals surface area contributed by atoms with Gasteiger partial charge in [-0.2, -0.15) is 4.52 Å². The number of pyridine rings is 1. The lowest BCUT2D eigenvalue weighted by atomic mass is 10.2. The Morgan fingerprint density at radius 3 is 2.77 bits per heavy atom. The summed E-state index contributed by atoms with van der Waals surface area (Å²) < 4.78 is 24.6. The first kappa shape index (κ1) is 25.8. The number of carbonyl (C=O) groups is 1. The Morgan fingerprint density at radius 2 is 2.00 bits per heavy atom. The van der Waals surface area contributed by atoms with Crippen molar-refractivity contribution in [2.45, 2.75) is 58.7 Å². The number of nitrogens with zero attached hydrogens (tertiary/aromatic N) is 6. The number of aromatic nitrogens is 6. The van der Waals surface area contributed by atoms with Crippen LogP contribution in [0.2, 0.25) is 0 Å². The number of carbonyl (C=O) groups excluding carboxylic acids is 1. The van der Waals surface area contributed by atoms with Crippen LogP contribution < -0.4 is 10.1 Å². The molecular weight excluding hydrogens is 514 g/mol. The maximum absolute atomic E-state index is 12.2. The van der Waals surface area contributed by atoms with Crippen LogP contribution in [0.1, 0.15) is 54.9 Å². The van der Waals surface area contributed by atoms with E-state index in [4.69, 9.17) is 23.8 Å². The van der Waals surface area contributed by atoms with Gasteiger partial charge in [0.05, 0.1) is 11.3 Å². The van der Waals surface area contributed by atoms with Crippen molar-refractivity contribution in [2.75, 3.05) is 6.61 Å². The van der Waals surface area contributed by atoms with E-state index >= 15 is 0 Å². The number of hydrogen-bond acceptors (Lipinski definition) is 10. The van der Waals surface area contributed by atoms with Gasteiger partial charge in [-0.25, -0.2) is 0 Å². The molecule has 1 aliphatic heterocycles. The van der Waals surface area contributed by atoms with Gasteiger partial charge in [-0.05, 0) is 51.3 Å². The second kappa shape index (κ2) is 11.4. The van der Waals surface area contributed by atoms with Crippen LogP contribution in [-0.4, -0.2) is 54.8 Å². The number of nitrogens with one attached hydrogen (secondary N) is 1. The van der Waals surface area contributed by atoms with Gasteiger partial charge in [-0.15, -0.1) is 15.3 Å². The zero-order valence-electron chi connectivity index (χ0n) is 22.2. The summed E-state index contributed by atoms with van der Waals surface area (Å²) in [5.41, 5.74) is 2.17. The third kappa shape index (κ3) is 5.49. The van der Waals surface area contributed by atoms with Crippen LogP contribution in [0, 0.1) is 0 Å². The van der Waals surface area contributed by atoms with Crippen LogP contribution in [0.25, 0.3) is 27.9 Å². The highest BCUT2D eigenvalue weighted by Gasteiger charge is 2.20. The molecule has 5 aromatic rings. The van der Waals surface area contributed by atoms with Gasteiger partial charge < -0.3 is 24.1 Å². The molecule has 4 aromatic heterocycles. The molecular formula is C28H29N7O5. The molecule has 0 spiro atoms. The minimum atomic E-state index is -0.230. The number of ether oxygens (including phenoxy) is 3. The Labute approximate surface area is 229 Å². The summed E-state index contributed by atoms with van der Waals surface area (Å²) in [7, 11) is 0. The highest BCUT2D eigenvalue weighted by molar-refractivity contribution is 5.97. The average Bonchev–Trinajstić information content (AvgIpc) is 3.62. The smallest absolute Gasteiger partial charge is 0.253 e. The predicted molar refractivity (Wildman–Crippen MR) is 143 cm³/mol. The van der Waals surface area contributed by atoms with Crippen molar-refractivity contribution in [3.05, 3.63) is 65.7 Å². The zero-order chi connectivity index (χ0) is 27.5. The Balaban J connectivity index is 1.23. The van der Waals surface area contributed by atoms with Crippen molar-refractivity contribution in [3.63, 3.8) is 0 Å². The molecule has 12 heteroatoms. The lowest BCUT2D eigenvalue weighted by Gasteiger charge is -2.21. The average molecular weight is 544 g/mol. The summed E-state index contributed by atoms with van der Waals surface area (Å²) >= 11 is 0. The molecule has 1 atom stereocenters. The van der Waals surface area contributed by atoms with Gasteiger partial charge in [0.15, 0.2) is 23.4 Å². The van der Waals surface area contributed by atoms with Crippen molar-refractivity contribution in [2.24, 2.45) is 0 Å². The van der Waals surface area contributed by atoms with Gasteiger partial charge in [0.1, 0.15) is 13.2 Å². The molecule has 1 fully saturated rings. The number of rotatable bonds is 9. The number of fused-ring (bicyclic) bond motifs is 3. The van der Waals surface area contributed by atoms with E-state index in [9.17, 15) is 4.79 Å². The van der Waals surface area contributed by atoms with Gasteiger partial charge in [0.2, 0.25) is 11.7 Å².